The van der Waals surface area contributed by atoms with Gasteiger partial charge < -0.3 is 15.4 Å². The Balaban J connectivity index is 1.61. The number of ether oxygens (including phenoxy) is 1. The lowest BCUT2D eigenvalue weighted by molar-refractivity contribution is -0.122. The number of anilines is 2. The van der Waals surface area contributed by atoms with Crippen LogP contribution in [0.2, 0.25) is 0 Å². The molecule has 0 spiro atoms. The van der Waals surface area contributed by atoms with Gasteiger partial charge in [-0.1, -0.05) is 0 Å². The fraction of sp³-hybridized carbons (Fsp3) is 0.529. The number of nitrogens with one attached hydrogen (secondary N) is 2. The zero-order valence-corrected chi connectivity index (χ0v) is 15.6. The Morgan fingerprint density at radius 3 is 2.69 bits per heavy atom. The lowest BCUT2D eigenvalue weighted by atomic mass is 9.97. The van der Waals surface area contributed by atoms with Crippen molar-refractivity contribution < 1.29 is 22.7 Å². The third-order valence-corrected chi connectivity index (χ3v) is 6.64. The largest absolute Gasteiger partial charge is 0.479 e. The molecule has 1 aromatic carbocycles. The third kappa shape index (κ3) is 3.83. The van der Waals surface area contributed by atoms with Gasteiger partial charge in [0.05, 0.1) is 11.4 Å². The van der Waals surface area contributed by atoms with Crippen molar-refractivity contribution in [2.75, 3.05) is 29.5 Å². The highest BCUT2D eigenvalue weighted by molar-refractivity contribution is 7.89. The van der Waals surface area contributed by atoms with Crippen molar-refractivity contribution in [2.24, 2.45) is 5.92 Å². The second-order valence-electron chi connectivity index (χ2n) is 6.52. The van der Waals surface area contributed by atoms with E-state index in [2.05, 4.69) is 10.6 Å². The first-order valence-corrected chi connectivity index (χ1v) is 10.3. The first-order valence-electron chi connectivity index (χ1n) is 8.70. The van der Waals surface area contributed by atoms with E-state index in [1.807, 2.05) is 0 Å². The molecule has 1 fully saturated rings. The van der Waals surface area contributed by atoms with E-state index in [1.165, 1.54) is 4.31 Å². The van der Waals surface area contributed by atoms with E-state index >= 15 is 0 Å². The van der Waals surface area contributed by atoms with Crippen LogP contribution in [-0.2, 0) is 19.6 Å². The summed E-state index contributed by atoms with van der Waals surface area (Å²) in [6, 6.07) is 5.09. The van der Waals surface area contributed by atoms with Crippen LogP contribution in [0.3, 0.4) is 0 Å². The van der Waals surface area contributed by atoms with Crippen molar-refractivity contribution in [3.63, 3.8) is 0 Å². The normalized spacial score (nSPS) is 21.5. The van der Waals surface area contributed by atoms with Crippen LogP contribution in [0.5, 0.6) is 5.75 Å². The summed E-state index contributed by atoms with van der Waals surface area (Å²) in [7, 11) is -3.20. The van der Waals surface area contributed by atoms with Crippen LogP contribution < -0.4 is 15.4 Å². The number of benzene rings is 1. The Kier molecular flexibility index (Phi) is 5.19. The van der Waals surface area contributed by atoms with Gasteiger partial charge in [0, 0.05) is 24.7 Å². The third-order valence-electron chi connectivity index (χ3n) is 4.76. The smallest absolute Gasteiger partial charge is 0.265 e. The number of sulfonamides is 1. The summed E-state index contributed by atoms with van der Waals surface area (Å²) in [4.78, 5) is 24.2. The van der Waals surface area contributed by atoms with E-state index in [0.717, 1.165) is 0 Å². The average molecular weight is 381 g/mol. The second-order valence-corrected chi connectivity index (χ2v) is 8.78. The maximum absolute atomic E-state index is 12.5. The number of rotatable bonds is 4. The van der Waals surface area contributed by atoms with E-state index in [9.17, 15) is 18.0 Å². The van der Waals surface area contributed by atoms with E-state index < -0.39 is 16.1 Å². The number of carbonyl (C=O) groups is 2. The maximum atomic E-state index is 12.5. The molecule has 0 aliphatic carbocycles. The first-order chi connectivity index (χ1) is 12.3. The summed E-state index contributed by atoms with van der Waals surface area (Å²) in [5.74, 6) is 0.0274. The molecule has 8 nitrogen and oxygen atoms in total. The molecule has 2 heterocycles. The summed E-state index contributed by atoms with van der Waals surface area (Å²) >= 11 is 0. The lowest BCUT2D eigenvalue weighted by Gasteiger charge is -2.30. The number of nitrogens with zero attached hydrogens (tertiary/aromatic N) is 1. The Labute approximate surface area is 152 Å². The van der Waals surface area contributed by atoms with Crippen molar-refractivity contribution in [3.8, 4) is 5.75 Å². The van der Waals surface area contributed by atoms with E-state index in [0.29, 0.717) is 43.1 Å². The minimum atomic E-state index is -3.20. The van der Waals surface area contributed by atoms with Gasteiger partial charge in [0.15, 0.2) is 6.10 Å². The van der Waals surface area contributed by atoms with E-state index in [1.54, 1.807) is 32.0 Å². The van der Waals surface area contributed by atoms with Crippen LogP contribution in [0.25, 0.3) is 0 Å². The highest BCUT2D eigenvalue weighted by Gasteiger charge is 2.30. The van der Waals surface area contributed by atoms with Crippen LogP contribution in [0, 0.1) is 5.92 Å². The fourth-order valence-electron chi connectivity index (χ4n) is 3.11. The van der Waals surface area contributed by atoms with Gasteiger partial charge >= 0.3 is 0 Å². The van der Waals surface area contributed by atoms with Gasteiger partial charge in [-0.3, -0.25) is 9.59 Å². The highest BCUT2D eigenvalue weighted by Crippen LogP contribution is 2.32. The number of amides is 2. The standard InChI is InChI=1S/C17H23N3O5S/c1-3-26(23,24)20-8-6-12(7-9-20)17(22)18-13-4-5-15-14(10-13)19-16(21)11(2)25-15/h4-5,10-12H,3,6-9H2,1-2H3,(H,18,22)(H,19,21)/t11-/m1/s1. The Bertz CT molecular complexity index is 816. The summed E-state index contributed by atoms with van der Waals surface area (Å²) in [5, 5.41) is 5.58. The van der Waals surface area contributed by atoms with E-state index in [4.69, 9.17) is 4.74 Å². The molecule has 0 aromatic heterocycles. The predicted molar refractivity (Wildman–Crippen MR) is 97.5 cm³/mol. The summed E-state index contributed by atoms with van der Waals surface area (Å²) < 4.78 is 30.7. The molecule has 1 saturated heterocycles. The minimum absolute atomic E-state index is 0.0748. The van der Waals surface area contributed by atoms with Gasteiger partial charge in [0.2, 0.25) is 15.9 Å². The van der Waals surface area contributed by atoms with Gasteiger partial charge in [-0.05, 0) is 44.9 Å². The van der Waals surface area contributed by atoms with Gasteiger partial charge in [0.1, 0.15) is 5.75 Å². The molecule has 0 radical (unpaired) electrons. The number of hydrogen-bond donors (Lipinski definition) is 2. The molecule has 3 rings (SSSR count). The average Bonchev–Trinajstić information content (AvgIpc) is 2.63. The molecule has 26 heavy (non-hydrogen) atoms. The molecule has 0 unspecified atom stereocenters. The number of carbonyl (C=O) groups excluding carboxylic acids is 2. The van der Waals surface area contributed by atoms with Crippen molar-refractivity contribution in [3.05, 3.63) is 18.2 Å². The molecule has 2 aliphatic rings. The zero-order valence-electron chi connectivity index (χ0n) is 14.8. The molecule has 0 saturated carbocycles. The zero-order chi connectivity index (χ0) is 18.9. The summed E-state index contributed by atoms with van der Waals surface area (Å²) in [6.07, 6.45) is 0.438. The molecule has 142 valence electrons. The topological polar surface area (TPSA) is 105 Å². The molecule has 9 heteroatoms. The predicted octanol–water partition coefficient (Wildman–Crippen LogP) is 1.41. The Morgan fingerprint density at radius 1 is 1.35 bits per heavy atom. The Hall–Kier alpha value is -2.13. The highest BCUT2D eigenvalue weighted by atomic mass is 32.2. The minimum Gasteiger partial charge on any atom is -0.479 e. The lowest BCUT2D eigenvalue weighted by Crippen LogP contribution is -2.42. The van der Waals surface area contributed by atoms with Crippen LogP contribution in [0.1, 0.15) is 26.7 Å². The first kappa shape index (κ1) is 18.7. The Morgan fingerprint density at radius 2 is 2.04 bits per heavy atom. The second kappa shape index (κ2) is 7.24. The molecule has 2 aliphatic heterocycles. The SMILES string of the molecule is CCS(=O)(=O)N1CCC(C(=O)Nc2ccc3c(c2)NC(=O)[C@@H](C)O3)CC1. The molecule has 1 atom stereocenters. The molecular formula is C17H23N3O5S. The van der Waals surface area contributed by atoms with Crippen LogP contribution >= 0.6 is 0 Å². The maximum Gasteiger partial charge on any atom is 0.265 e. The monoisotopic (exact) mass is 381 g/mol. The quantitative estimate of drug-likeness (QED) is 0.820. The number of fused-ring (bicyclic) bond motifs is 1. The van der Waals surface area contributed by atoms with Crippen LogP contribution in [0.4, 0.5) is 11.4 Å². The molecular weight excluding hydrogens is 358 g/mol. The summed E-state index contributed by atoms with van der Waals surface area (Å²) in [5.41, 5.74) is 1.09. The fourth-order valence-corrected chi connectivity index (χ4v) is 4.24. The van der Waals surface area contributed by atoms with Gasteiger partial charge in [-0.2, -0.15) is 0 Å². The molecule has 2 amide bonds. The number of piperidine rings is 1. The van der Waals surface area contributed by atoms with E-state index in [-0.39, 0.29) is 23.5 Å². The van der Waals surface area contributed by atoms with Gasteiger partial charge in [-0.15, -0.1) is 0 Å². The van der Waals surface area contributed by atoms with Crippen molar-refractivity contribution in [1.29, 1.82) is 0 Å². The van der Waals surface area contributed by atoms with Gasteiger partial charge in [0.25, 0.3) is 5.91 Å². The molecule has 1 aromatic rings. The van der Waals surface area contributed by atoms with Crippen LogP contribution in [-0.4, -0.2) is 49.5 Å². The molecule has 2 N–H and O–H groups in total. The number of hydrogen-bond acceptors (Lipinski definition) is 5. The van der Waals surface area contributed by atoms with Crippen LogP contribution in [0.15, 0.2) is 18.2 Å². The molecule has 0 bridgehead atoms. The van der Waals surface area contributed by atoms with Crippen molar-refractivity contribution in [2.45, 2.75) is 32.8 Å². The summed E-state index contributed by atoms with van der Waals surface area (Å²) in [6.45, 7) is 4.01. The van der Waals surface area contributed by atoms with Gasteiger partial charge in [-0.25, -0.2) is 12.7 Å². The van der Waals surface area contributed by atoms with Crippen molar-refractivity contribution in [1.82, 2.24) is 4.31 Å². The van der Waals surface area contributed by atoms with Crippen molar-refractivity contribution >= 4 is 33.2 Å².